The molecule has 0 aliphatic rings. The molecule has 0 spiro atoms. The van der Waals surface area contributed by atoms with E-state index in [0.29, 0.717) is 22.5 Å². The fourth-order valence-corrected chi connectivity index (χ4v) is 2.40. The fraction of sp³-hybridized carbons (Fsp3) is 0.200. The third kappa shape index (κ3) is 2.56. The minimum absolute atomic E-state index is 0.0824. The number of aryl methyl sites for hydroxylation is 2. The molecule has 0 unspecified atom stereocenters. The molecule has 9 heteroatoms. The van der Waals surface area contributed by atoms with Gasteiger partial charge in [-0.25, -0.2) is 4.98 Å². The van der Waals surface area contributed by atoms with E-state index in [1.54, 1.807) is 24.7 Å². The zero-order valence-corrected chi connectivity index (χ0v) is 13.3. The van der Waals surface area contributed by atoms with Crippen molar-refractivity contribution in [3.63, 3.8) is 0 Å². The molecule has 2 amide bonds. The SMILES string of the molecule is COc1c(C(=O)NNC(=O)c2ccco2)cnc2c1c(C)nn2C. The average molecular weight is 329 g/mol. The van der Waals surface area contributed by atoms with Crippen LogP contribution in [0.2, 0.25) is 0 Å². The van der Waals surface area contributed by atoms with Crippen LogP contribution in [0.4, 0.5) is 0 Å². The summed E-state index contributed by atoms with van der Waals surface area (Å²) in [6.07, 6.45) is 2.74. The zero-order chi connectivity index (χ0) is 17.3. The predicted molar refractivity (Wildman–Crippen MR) is 83.4 cm³/mol. The van der Waals surface area contributed by atoms with Crippen molar-refractivity contribution in [2.75, 3.05) is 7.11 Å². The number of hydrazine groups is 1. The Bertz CT molecular complexity index is 914. The number of carbonyl (C=O) groups is 2. The van der Waals surface area contributed by atoms with Gasteiger partial charge in [0, 0.05) is 13.2 Å². The summed E-state index contributed by atoms with van der Waals surface area (Å²) >= 11 is 0. The van der Waals surface area contributed by atoms with E-state index in [0.717, 1.165) is 0 Å². The van der Waals surface area contributed by atoms with E-state index >= 15 is 0 Å². The van der Waals surface area contributed by atoms with Gasteiger partial charge in [0.05, 0.1) is 24.5 Å². The van der Waals surface area contributed by atoms with E-state index in [-0.39, 0.29) is 11.3 Å². The molecule has 0 fully saturated rings. The molecule has 0 atom stereocenters. The summed E-state index contributed by atoms with van der Waals surface area (Å²) in [7, 11) is 3.21. The number of carbonyl (C=O) groups excluding carboxylic acids is 2. The van der Waals surface area contributed by atoms with Gasteiger partial charge in [0.1, 0.15) is 11.3 Å². The molecule has 3 aromatic heterocycles. The fourth-order valence-electron chi connectivity index (χ4n) is 2.40. The maximum Gasteiger partial charge on any atom is 0.305 e. The minimum Gasteiger partial charge on any atom is -0.495 e. The molecule has 0 saturated heterocycles. The predicted octanol–water partition coefficient (Wildman–Crippen LogP) is 0.953. The number of nitrogens with zero attached hydrogens (tertiary/aromatic N) is 3. The Balaban J connectivity index is 1.87. The van der Waals surface area contributed by atoms with E-state index in [4.69, 9.17) is 9.15 Å². The van der Waals surface area contributed by atoms with Gasteiger partial charge < -0.3 is 9.15 Å². The van der Waals surface area contributed by atoms with Crippen LogP contribution >= 0.6 is 0 Å². The van der Waals surface area contributed by atoms with E-state index in [1.807, 2.05) is 0 Å². The van der Waals surface area contributed by atoms with Crippen LogP contribution < -0.4 is 15.6 Å². The van der Waals surface area contributed by atoms with E-state index in [1.165, 1.54) is 25.6 Å². The van der Waals surface area contributed by atoms with Gasteiger partial charge in [-0.05, 0) is 19.1 Å². The number of nitrogens with one attached hydrogen (secondary N) is 2. The first-order chi connectivity index (χ1) is 11.5. The van der Waals surface area contributed by atoms with Gasteiger partial charge in [-0.1, -0.05) is 0 Å². The maximum atomic E-state index is 12.4. The zero-order valence-electron chi connectivity index (χ0n) is 13.3. The highest BCUT2D eigenvalue weighted by Gasteiger charge is 2.21. The van der Waals surface area contributed by atoms with Gasteiger partial charge in [-0.15, -0.1) is 0 Å². The molecule has 3 aromatic rings. The van der Waals surface area contributed by atoms with Crippen molar-refractivity contribution >= 4 is 22.8 Å². The lowest BCUT2D eigenvalue weighted by atomic mass is 10.1. The number of amides is 2. The van der Waals surface area contributed by atoms with E-state index in [9.17, 15) is 9.59 Å². The van der Waals surface area contributed by atoms with Crippen LogP contribution in [0.5, 0.6) is 5.75 Å². The second kappa shape index (κ2) is 6.03. The van der Waals surface area contributed by atoms with Gasteiger partial charge in [0.2, 0.25) is 0 Å². The van der Waals surface area contributed by atoms with E-state index in [2.05, 4.69) is 20.9 Å². The average Bonchev–Trinajstić information content (AvgIpc) is 3.20. The summed E-state index contributed by atoms with van der Waals surface area (Å²) in [5, 5.41) is 4.91. The minimum atomic E-state index is -0.570. The number of fused-ring (bicyclic) bond motifs is 1. The largest absolute Gasteiger partial charge is 0.495 e. The van der Waals surface area contributed by atoms with Crippen molar-refractivity contribution in [1.29, 1.82) is 0 Å². The van der Waals surface area contributed by atoms with Crippen LogP contribution in [0.25, 0.3) is 11.0 Å². The highest BCUT2D eigenvalue weighted by atomic mass is 16.5. The standard InChI is InChI=1S/C15H15N5O4/c1-8-11-12(23-3)9(7-16-13(11)20(2)19-8)14(21)17-18-15(22)10-5-4-6-24-10/h4-7H,1-3H3,(H,17,21)(H,18,22). The van der Waals surface area contributed by atoms with Crippen LogP contribution in [0.15, 0.2) is 29.0 Å². The van der Waals surface area contributed by atoms with Crippen molar-refractivity contribution in [2.24, 2.45) is 7.05 Å². The molecule has 124 valence electrons. The Morgan fingerprint density at radius 3 is 2.71 bits per heavy atom. The number of ether oxygens (including phenoxy) is 1. The summed E-state index contributed by atoms with van der Waals surface area (Å²) in [5.41, 5.74) is 6.04. The van der Waals surface area contributed by atoms with Gasteiger partial charge in [0.25, 0.3) is 5.91 Å². The molecule has 2 N–H and O–H groups in total. The molecular formula is C15H15N5O4. The molecule has 0 aliphatic carbocycles. The molecule has 0 bridgehead atoms. The van der Waals surface area contributed by atoms with Gasteiger partial charge in [-0.3, -0.25) is 25.1 Å². The Morgan fingerprint density at radius 2 is 2.04 bits per heavy atom. The first-order valence-corrected chi connectivity index (χ1v) is 7.03. The van der Waals surface area contributed by atoms with Crippen molar-refractivity contribution in [3.05, 3.63) is 41.6 Å². The summed E-state index contributed by atoms with van der Waals surface area (Å²) in [6.45, 7) is 1.80. The third-order valence-corrected chi connectivity index (χ3v) is 3.46. The molecular weight excluding hydrogens is 314 g/mol. The smallest absolute Gasteiger partial charge is 0.305 e. The molecule has 9 nitrogen and oxygen atoms in total. The van der Waals surface area contributed by atoms with Crippen LogP contribution in [0.1, 0.15) is 26.6 Å². The normalized spacial score (nSPS) is 10.6. The number of furan rings is 1. The van der Waals surface area contributed by atoms with Crippen molar-refractivity contribution < 1.29 is 18.7 Å². The number of hydrogen-bond acceptors (Lipinski definition) is 6. The quantitative estimate of drug-likeness (QED) is 0.692. The van der Waals surface area contributed by atoms with Crippen LogP contribution in [-0.2, 0) is 7.05 Å². The Hall–Kier alpha value is -3.36. The summed E-state index contributed by atoms with van der Waals surface area (Å²) in [5.74, 6) is -0.711. The highest BCUT2D eigenvalue weighted by molar-refractivity contribution is 6.03. The van der Waals surface area contributed by atoms with Crippen LogP contribution in [0, 0.1) is 6.92 Å². The molecule has 0 aliphatic heterocycles. The molecule has 3 rings (SSSR count). The summed E-state index contributed by atoms with van der Waals surface area (Å²) in [6, 6.07) is 3.05. The molecule has 0 saturated carbocycles. The van der Waals surface area contributed by atoms with Gasteiger partial charge >= 0.3 is 5.91 Å². The summed E-state index contributed by atoms with van der Waals surface area (Å²) in [4.78, 5) is 28.4. The highest BCUT2D eigenvalue weighted by Crippen LogP contribution is 2.30. The lowest BCUT2D eigenvalue weighted by Gasteiger charge is -2.10. The first-order valence-electron chi connectivity index (χ1n) is 7.03. The van der Waals surface area contributed by atoms with Crippen LogP contribution in [-0.4, -0.2) is 33.7 Å². The van der Waals surface area contributed by atoms with Gasteiger partial charge in [-0.2, -0.15) is 5.10 Å². The second-order valence-electron chi connectivity index (χ2n) is 5.00. The first kappa shape index (κ1) is 15.5. The Kier molecular flexibility index (Phi) is 3.90. The molecule has 24 heavy (non-hydrogen) atoms. The number of rotatable bonds is 3. The van der Waals surface area contributed by atoms with Crippen LogP contribution in [0.3, 0.4) is 0 Å². The third-order valence-electron chi connectivity index (χ3n) is 3.46. The molecule has 0 aromatic carbocycles. The number of aromatic nitrogens is 3. The summed E-state index contributed by atoms with van der Waals surface area (Å²) < 4.78 is 11.9. The van der Waals surface area contributed by atoms with E-state index < -0.39 is 11.8 Å². The number of pyridine rings is 1. The van der Waals surface area contributed by atoms with Gasteiger partial charge in [0.15, 0.2) is 11.4 Å². The Labute approximate surface area is 136 Å². The van der Waals surface area contributed by atoms with Crippen molar-refractivity contribution in [1.82, 2.24) is 25.6 Å². The Morgan fingerprint density at radius 1 is 1.29 bits per heavy atom. The lowest BCUT2D eigenvalue weighted by Crippen LogP contribution is -2.41. The maximum absolute atomic E-state index is 12.4. The monoisotopic (exact) mass is 329 g/mol. The number of methoxy groups -OCH3 is 1. The second-order valence-corrected chi connectivity index (χ2v) is 5.00. The lowest BCUT2D eigenvalue weighted by molar-refractivity contribution is 0.0829. The van der Waals surface area contributed by atoms with Crippen molar-refractivity contribution in [2.45, 2.75) is 6.92 Å². The molecule has 3 heterocycles. The number of hydrogen-bond donors (Lipinski definition) is 2. The van der Waals surface area contributed by atoms with Crippen molar-refractivity contribution in [3.8, 4) is 5.75 Å². The topological polar surface area (TPSA) is 111 Å². The molecule has 0 radical (unpaired) electrons.